The molecule has 1 aromatic carbocycles. The van der Waals surface area contributed by atoms with Crippen LogP contribution in [0.2, 0.25) is 0 Å². The van der Waals surface area contributed by atoms with E-state index in [1.54, 1.807) is 0 Å². The highest BCUT2D eigenvalue weighted by atomic mass is 79.9. The second kappa shape index (κ2) is 6.36. The zero-order valence-corrected chi connectivity index (χ0v) is 11.0. The van der Waals surface area contributed by atoms with Crippen LogP contribution in [0.1, 0.15) is 12.0 Å². The van der Waals surface area contributed by atoms with Crippen molar-refractivity contribution in [2.75, 3.05) is 23.9 Å². The molecule has 0 spiro atoms. The first-order chi connectivity index (χ1) is 6.75. The second-order valence-corrected chi connectivity index (χ2v) is 4.99. The van der Waals surface area contributed by atoms with E-state index in [0.717, 1.165) is 6.54 Å². The molecule has 1 N–H and O–H groups in total. The number of rotatable bonds is 5. The maximum Gasteiger partial charge on any atom is 0.0487 e. The fourth-order valence-corrected chi connectivity index (χ4v) is 2.06. The van der Waals surface area contributed by atoms with Crippen molar-refractivity contribution in [2.45, 2.75) is 13.3 Å². The number of hydrogen-bond acceptors (Lipinski definition) is 2. The molecule has 0 saturated carbocycles. The molecule has 0 fully saturated rings. The minimum Gasteiger partial charge on any atom is -0.384 e. The van der Waals surface area contributed by atoms with Gasteiger partial charge in [0.1, 0.15) is 0 Å². The van der Waals surface area contributed by atoms with Crippen LogP contribution in [0.15, 0.2) is 22.7 Å². The van der Waals surface area contributed by atoms with Crippen LogP contribution in [0.25, 0.3) is 0 Å². The molecule has 0 aliphatic rings. The molecule has 1 rings (SSSR count). The topological polar surface area (TPSA) is 12.0 Å². The monoisotopic (exact) mass is 273 g/mol. The van der Waals surface area contributed by atoms with Crippen LogP contribution in [-0.4, -0.2) is 18.6 Å². The number of nitrogens with one attached hydrogen (secondary N) is 1. The van der Waals surface area contributed by atoms with Gasteiger partial charge in [0.05, 0.1) is 0 Å². The molecule has 0 amide bonds. The summed E-state index contributed by atoms with van der Waals surface area (Å²) in [6.45, 7) is 3.15. The SMILES string of the molecule is CSCCCNc1cccc(C)c1Br. The van der Waals surface area contributed by atoms with E-state index in [4.69, 9.17) is 0 Å². The molecule has 0 heterocycles. The molecule has 0 radical (unpaired) electrons. The Hall–Kier alpha value is -0.150. The van der Waals surface area contributed by atoms with E-state index in [0.29, 0.717) is 0 Å². The highest BCUT2D eigenvalue weighted by molar-refractivity contribution is 9.10. The van der Waals surface area contributed by atoms with E-state index in [9.17, 15) is 0 Å². The standard InChI is InChI=1S/C11H16BrNS/c1-9-5-3-6-10(11(9)12)13-7-4-8-14-2/h3,5-6,13H,4,7-8H2,1-2H3. The van der Waals surface area contributed by atoms with Gasteiger partial charge in [-0.15, -0.1) is 0 Å². The van der Waals surface area contributed by atoms with Gasteiger partial charge in [-0.3, -0.25) is 0 Å². The van der Waals surface area contributed by atoms with Crippen LogP contribution in [0.4, 0.5) is 5.69 Å². The molecule has 0 aromatic heterocycles. The molecule has 0 aliphatic heterocycles. The average Bonchev–Trinajstić information content (AvgIpc) is 2.19. The Labute approximate surface area is 98.8 Å². The molecule has 0 unspecified atom stereocenters. The van der Waals surface area contributed by atoms with Crippen LogP contribution in [0.5, 0.6) is 0 Å². The highest BCUT2D eigenvalue weighted by Gasteiger charge is 2.00. The normalized spacial score (nSPS) is 10.2. The Balaban J connectivity index is 2.46. The van der Waals surface area contributed by atoms with Crippen LogP contribution >= 0.6 is 27.7 Å². The van der Waals surface area contributed by atoms with Gasteiger partial charge >= 0.3 is 0 Å². The van der Waals surface area contributed by atoms with Crippen molar-refractivity contribution < 1.29 is 0 Å². The van der Waals surface area contributed by atoms with Crippen LogP contribution < -0.4 is 5.32 Å². The van der Waals surface area contributed by atoms with Crippen LogP contribution in [0.3, 0.4) is 0 Å². The summed E-state index contributed by atoms with van der Waals surface area (Å²) in [7, 11) is 0. The predicted octanol–water partition coefficient (Wildman–Crippen LogP) is 3.92. The first-order valence-electron chi connectivity index (χ1n) is 4.73. The van der Waals surface area contributed by atoms with E-state index in [2.05, 4.69) is 52.6 Å². The van der Waals surface area contributed by atoms with Gasteiger partial charge in [-0.2, -0.15) is 11.8 Å². The molecular weight excluding hydrogens is 258 g/mol. The summed E-state index contributed by atoms with van der Waals surface area (Å²) in [6.07, 6.45) is 3.35. The van der Waals surface area contributed by atoms with Crippen LogP contribution in [-0.2, 0) is 0 Å². The van der Waals surface area contributed by atoms with Gasteiger partial charge in [-0.1, -0.05) is 12.1 Å². The van der Waals surface area contributed by atoms with Crippen LogP contribution in [0, 0.1) is 6.92 Å². The minimum atomic E-state index is 1.04. The second-order valence-electron chi connectivity index (χ2n) is 3.21. The van der Waals surface area contributed by atoms with Gasteiger partial charge in [0.15, 0.2) is 0 Å². The Morgan fingerprint density at radius 2 is 2.21 bits per heavy atom. The minimum absolute atomic E-state index is 1.04. The van der Waals surface area contributed by atoms with Crippen molar-refractivity contribution in [2.24, 2.45) is 0 Å². The number of hydrogen-bond donors (Lipinski definition) is 1. The fraction of sp³-hybridized carbons (Fsp3) is 0.455. The lowest BCUT2D eigenvalue weighted by atomic mass is 10.2. The summed E-state index contributed by atoms with van der Waals surface area (Å²) < 4.78 is 1.18. The number of thioether (sulfide) groups is 1. The van der Waals surface area contributed by atoms with Gasteiger partial charge < -0.3 is 5.32 Å². The molecular formula is C11H16BrNS. The summed E-state index contributed by atoms with van der Waals surface area (Å²) >= 11 is 5.47. The number of aryl methyl sites for hydroxylation is 1. The summed E-state index contributed by atoms with van der Waals surface area (Å²) in [5, 5.41) is 3.43. The quantitative estimate of drug-likeness (QED) is 0.817. The largest absolute Gasteiger partial charge is 0.384 e. The van der Waals surface area contributed by atoms with Crippen molar-refractivity contribution in [3.05, 3.63) is 28.2 Å². The van der Waals surface area contributed by atoms with Crippen molar-refractivity contribution in [3.63, 3.8) is 0 Å². The molecule has 14 heavy (non-hydrogen) atoms. The smallest absolute Gasteiger partial charge is 0.0487 e. The lowest BCUT2D eigenvalue weighted by molar-refractivity contribution is 0.991. The molecule has 0 aliphatic carbocycles. The van der Waals surface area contributed by atoms with E-state index >= 15 is 0 Å². The maximum atomic E-state index is 3.58. The summed E-state index contributed by atoms with van der Waals surface area (Å²) in [5.74, 6) is 1.22. The molecule has 0 atom stereocenters. The van der Waals surface area contributed by atoms with Crippen molar-refractivity contribution >= 4 is 33.4 Å². The Morgan fingerprint density at radius 3 is 2.93 bits per heavy atom. The third-order valence-electron chi connectivity index (χ3n) is 2.03. The molecule has 3 heteroatoms. The van der Waals surface area contributed by atoms with Gasteiger partial charge in [0, 0.05) is 16.7 Å². The van der Waals surface area contributed by atoms with Crippen molar-refractivity contribution in [1.82, 2.24) is 0 Å². The lowest BCUT2D eigenvalue weighted by Crippen LogP contribution is -2.03. The zero-order valence-electron chi connectivity index (χ0n) is 8.64. The first kappa shape index (κ1) is 11.9. The first-order valence-corrected chi connectivity index (χ1v) is 6.92. The third-order valence-corrected chi connectivity index (χ3v) is 3.78. The predicted molar refractivity (Wildman–Crippen MR) is 70.4 cm³/mol. The Bertz CT molecular complexity index is 289. The van der Waals surface area contributed by atoms with E-state index < -0.39 is 0 Å². The fourth-order valence-electron chi connectivity index (χ4n) is 1.22. The van der Waals surface area contributed by atoms with Gasteiger partial charge in [-0.05, 0) is 52.9 Å². The zero-order chi connectivity index (χ0) is 10.4. The summed E-state index contributed by atoms with van der Waals surface area (Å²) in [4.78, 5) is 0. The highest BCUT2D eigenvalue weighted by Crippen LogP contribution is 2.25. The lowest BCUT2D eigenvalue weighted by Gasteiger charge is -2.09. The Kier molecular flexibility index (Phi) is 5.41. The number of halogens is 1. The molecule has 0 bridgehead atoms. The van der Waals surface area contributed by atoms with Crippen molar-refractivity contribution in [3.8, 4) is 0 Å². The van der Waals surface area contributed by atoms with E-state index in [1.165, 1.54) is 27.9 Å². The van der Waals surface area contributed by atoms with E-state index in [1.807, 2.05) is 11.8 Å². The van der Waals surface area contributed by atoms with Crippen molar-refractivity contribution in [1.29, 1.82) is 0 Å². The molecule has 1 aromatic rings. The average molecular weight is 274 g/mol. The Morgan fingerprint density at radius 1 is 1.43 bits per heavy atom. The van der Waals surface area contributed by atoms with Gasteiger partial charge in [0.2, 0.25) is 0 Å². The maximum absolute atomic E-state index is 3.58. The summed E-state index contributed by atoms with van der Waals surface area (Å²) in [5.41, 5.74) is 2.48. The molecule has 0 saturated heterocycles. The molecule has 1 nitrogen and oxygen atoms in total. The molecule has 78 valence electrons. The summed E-state index contributed by atoms with van der Waals surface area (Å²) in [6, 6.07) is 6.30. The third kappa shape index (κ3) is 3.54. The number of anilines is 1. The van der Waals surface area contributed by atoms with E-state index in [-0.39, 0.29) is 0 Å². The number of benzene rings is 1. The van der Waals surface area contributed by atoms with Gasteiger partial charge in [-0.25, -0.2) is 0 Å². The van der Waals surface area contributed by atoms with Gasteiger partial charge in [0.25, 0.3) is 0 Å².